The van der Waals surface area contributed by atoms with E-state index in [2.05, 4.69) is 16.0 Å². The van der Waals surface area contributed by atoms with Gasteiger partial charge in [-0.3, -0.25) is 14.6 Å². The van der Waals surface area contributed by atoms with Crippen molar-refractivity contribution in [3.05, 3.63) is 59.5 Å². The molecule has 0 aliphatic rings. The quantitative estimate of drug-likeness (QED) is 0.324. The van der Waals surface area contributed by atoms with Gasteiger partial charge in [-0.2, -0.15) is 0 Å². The average molecular weight is 417 g/mol. The molecule has 0 radical (unpaired) electrons. The summed E-state index contributed by atoms with van der Waals surface area (Å²) in [7, 11) is 1.00. The molecule has 7 nitrogen and oxygen atoms in total. The van der Waals surface area contributed by atoms with Crippen LogP contribution in [0.15, 0.2) is 53.3 Å². The van der Waals surface area contributed by atoms with E-state index in [-0.39, 0.29) is 25.2 Å². The Morgan fingerprint density at radius 3 is 2.30 bits per heavy atom. The number of aliphatic carboxylic acids is 1. The van der Waals surface area contributed by atoms with Crippen LogP contribution in [0.3, 0.4) is 0 Å². The van der Waals surface area contributed by atoms with Crippen molar-refractivity contribution in [2.45, 2.75) is 46.1 Å². The number of rotatable bonds is 9. The van der Waals surface area contributed by atoms with Gasteiger partial charge in [-0.15, -0.1) is 5.73 Å². The number of aliphatic hydroxyl groups is 1. The number of hydrogen-bond donors (Lipinski definition) is 3. The molecule has 7 heteroatoms. The standard InChI is InChI=1S/C17H19NO4.C5H9N.CH4O/c1-13-7-9-14(10-8-13)4-2-5-15(12-17(21)22)18-16(20)6-3-11-19;1-3-5-6-4-2;1-2/h4-5,7-11,15H,3,6,12H2,1H3,(H,18,20)(H,21,22);3-5H,1-2H3;2H,1H3/b;5-3-,6-4?;. The minimum Gasteiger partial charge on any atom is -0.481 e. The minimum absolute atomic E-state index is 0.0507. The van der Waals surface area contributed by atoms with Gasteiger partial charge in [0.2, 0.25) is 5.91 Å². The van der Waals surface area contributed by atoms with Gasteiger partial charge in [-0.1, -0.05) is 35.9 Å². The van der Waals surface area contributed by atoms with Crippen molar-refractivity contribution in [3.8, 4) is 0 Å². The van der Waals surface area contributed by atoms with Gasteiger partial charge < -0.3 is 20.3 Å². The number of carbonyl (C=O) groups excluding carboxylic acids is 2. The van der Waals surface area contributed by atoms with Crippen LogP contribution in [0, 0.1) is 6.92 Å². The van der Waals surface area contributed by atoms with Gasteiger partial charge in [0.15, 0.2) is 0 Å². The molecule has 1 rings (SSSR count). The second kappa shape index (κ2) is 20.5. The van der Waals surface area contributed by atoms with Gasteiger partial charge in [0, 0.05) is 32.4 Å². The van der Waals surface area contributed by atoms with E-state index in [0.717, 1.165) is 18.2 Å². The van der Waals surface area contributed by atoms with Crippen LogP contribution in [0.5, 0.6) is 0 Å². The van der Waals surface area contributed by atoms with Gasteiger partial charge in [0.25, 0.3) is 0 Å². The van der Waals surface area contributed by atoms with E-state index in [9.17, 15) is 14.4 Å². The molecule has 1 unspecified atom stereocenters. The Balaban J connectivity index is 0. The molecule has 0 saturated heterocycles. The highest BCUT2D eigenvalue weighted by Gasteiger charge is 2.12. The Labute approximate surface area is 178 Å². The largest absolute Gasteiger partial charge is 0.481 e. The van der Waals surface area contributed by atoms with Crippen LogP contribution in [0.1, 0.15) is 44.2 Å². The highest BCUT2D eigenvalue weighted by atomic mass is 16.4. The molecule has 0 fully saturated rings. The van der Waals surface area contributed by atoms with Crippen LogP contribution in [-0.2, 0) is 14.4 Å². The third-order valence-corrected chi connectivity index (χ3v) is 3.24. The van der Waals surface area contributed by atoms with E-state index in [1.54, 1.807) is 18.5 Å². The second-order valence-corrected chi connectivity index (χ2v) is 5.76. The number of allylic oxidation sites excluding steroid dienone is 1. The van der Waals surface area contributed by atoms with E-state index in [1.807, 2.05) is 51.1 Å². The fourth-order valence-corrected chi connectivity index (χ4v) is 1.90. The number of aryl methyl sites for hydroxylation is 1. The highest BCUT2D eigenvalue weighted by molar-refractivity contribution is 5.79. The van der Waals surface area contributed by atoms with Crippen molar-refractivity contribution >= 4 is 30.5 Å². The molecule has 0 aliphatic carbocycles. The molecule has 1 aromatic carbocycles. The first-order chi connectivity index (χ1) is 14.4. The van der Waals surface area contributed by atoms with Crippen LogP contribution < -0.4 is 5.32 Å². The van der Waals surface area contributed by atoms with Crippen molar-refractivity contribution in [2.24, 2.45) is 4.99 Å². The van der Waals surface area contributed by atoms with Crippen molar-refractivity contribution in [1.82, 2.24) is 5.32 Å². The SMILES string of the molecule is CC=N/C=C\C.CO.Cc1ccc(C=C=CC(CC(=O)O)NC(=O)CCC=O)cc1. The van der Waals surface area contributed by atoms with Gasteiger partial charge in [0.1, 0.15) is 6.29 Å². The van der Waals surface area contributed by atoms with Crippen LogP contribution >= 0.6 is 0 Å². The number of amides is 1. The predicted octanol–water partition coefficient (Wildman–Crippen LogP) is 3.32. The topological polar surface area (TPSA) is 116 Å². The number of hydrogen-bond acceptors (Lipinski definition) is 5. The third kappa shape index (κ3) is 18.1. The summed E-state index contributed by atoms with van der Waals surface area (Å²) in [5.74, 6) is -1.37. The van der Waals surface area contributed by atoms with Crippen LogP contribution in [0.2, 0.25) is 0 Å². The fourth-order valence-electron chi connectivity index (χ4n) is 1.90. The molecule has 0 aromatic heterocycles. The number of benzene rings is 1. The number of carboxylic acids is 1. The lowest BCUT2D eigenvalue weighted by atomic mass is 10.1. The fraction of sp³-hybridized carbons (Fsp3) is 0.348. The first kappa shape index (κ1) is 28.9. The van der Waals surface area contributed by atoms with Crippen LogP contribution in [-0.4, -0.2) is 47.7 Å². The van der Waals surface area contributed by atoms with Crippen molar-refractivity contribution in [2.75, 3.05) is 7.11 Å². The van der Waals surface area contributed by atoms with Gasteiger partial charge in [-0.25, -0.2) is 0 Å². The molecule has 0 aliphatic heterocycles. The van der Waals surface area contributed by atoms with Gasteiger partial charge in [-0.05, 0) is 38.5 Å². The number of aliphatic imine (C=N–C) groups is 1. The highest BCUT2D eigenvalue weighted by Crippen LogP contribution is 2.04. The summed E-state index contributed by atoms with van der Waals surface area (Å²) in [4.78, 5) is 36.4. The molecule has 0 saturated carbocycles. The molecule has 30 heavy (non-hydrogen) atoms. The van der Waals surface area contributed by atoms with E-state index in [4.69, 9.17) is 10.2 Å². The molecule has 1 aromatic rings. The molecular formula is C23H32N2O5. The number of carbonyl (C=O) groups is 3. The zero-order valence-electron chi connectivity index (χ0n) is 18.0. The first-order valence-corrected chi connectivity index (χ1v) is 9.40. The molecular weight excluding hydrogens is 384 g/mol. The van der Waals surface area contributed by atoms with Gasteiger partial charge >= 0.3 is 5.97 Å². The summed E-state index contributed by atoms with van der Waals surface area (Å²) in [6.07, 6.45) is 9.20. The lowest BCUT2D eigenvalue weighted by molar-refractivity contribution is -0.137. The average Bonchev–Trinajstić information content (AvgIpc) is 2.73. The smallest absolute Gasteiger partial charge is 0.305 e. The normalized spacial score (nSPS) is 10.6. The molecule has 0 bridgehead atoms. The lowest BCUT2D eigenvalue weighted by Crippen LogP contribution is -2.34. The first-order valence-electron chi connectivity index (χ1n) is 9.40. The predicted molar refractivity (Wildman–Crippen MR) is 120 cm³/mol. The zero-order valence-corrected chi connectivity index (χ0v) is 18.0. The summed E-state index contributed by atoms with van der Waals surface area (Å²) < 4.78 is 0. The Hall–Kier alpha value is -3.28. The second-order valence-electron chi connectivity index (χ2n) is 5.76. The summed E-state index contributed by atoms with van der Waals surface area (Å²) in [5.41, 5.74) is 4.97. The molecule has 164 valence electrons. The van der Waals surface area contributed by atoms with Crippen molar-refractivity contribution in [1.29, 1.82) is 0 Å². The Morgan fingerprint density at radius 1 is 1.20 bits per heavy atom. The lowest BCUT2D eigenvalue weighted by Gasteiger charge is -2.11. The maximum Gasteiger partial charge on any atom is 0.305 e. The minimum atomic E-state index is -1.02. The number of nitrogens with zero attached hydrogens (tertiary/aromatic N) is 1. The number of aliphatic hydroxyl groups excluding tert-OH is 1. The van der Waals surface area contributed by atoms with E-state index in [0.29, 0.717) is 6.29 Å². The summed E-state index contributed by atoms with van der Waals surface area (Å²) in [5, 5.41) is 18.4. The summed E-state index contributed by atoms with van der Waals surface area (Å²) in [6.45, 7) is 5.81. The van der Waals surface area contributed by atoms with Crippen molar-refractivity contribution in [3.63, 3.8) is 0 Å². The number of nitrogens with one attached hydrogen (secondary N) is 1. The van der Waals surface area contributed by atoms with Crippen LogP contribution in [0.4, 0.5) is 0 Å². The molecule has 1 atom stereocenters. The van der Waals surface area contributed by atoms with E-state index < -0.39 is 12.0 Å². The van der Waals surface area contributed by atoms with Gasteiger partial charge in [0.05, 0.1) is 12.5 Å². The third-order valence-electron chi connectivity index (χ3n) is 3.24. The number of aldehydes is 1. The molecule has 0 heterocycles. The molecule has 0 spiro atoms. The summed E-state index contributed by atoms with van der Waals surface area (Å²) in [6, 6.07) is 7.11. The maximum atomic E-state index is 11.5. The Kier molecular flexibility index (Phi) is 19.7. The maximum absolute atomic E-state index is 11.5. The Morgan fingerprint density at radius 2 is 1.83 bits per heavy atom. The molecule has 3 N–H and O–H groups in total. The van der Waals surface area contributed by atoms with Crippen molar-refractivity contribution < 1.29 is 24.6 Å². The van der Waals surface area contributed by atoms with E-state index >= 15 is 0 Å². The molecule has 1 amide bonds. The van der Waals surface area contributed by atoms with E-state index in [1.165, 1.54) is 6.08 Å². The zero-order chi connectivity index (χ0) is 23.2. The Bertz CT molecular complexity index is 720. The van der Waals surface area contributed by atoms with Crippen LogP contribution in [0.25, 0.3) is 6.08 Å². The summed E-state index contributed by atoms with van der Waals surface area (Å²) >= 11 is 0. The monoisotopic (exact) mass is 416 g/mol. The number of carboxylic acid groups (broad SMARTS) is 1.